The van der Waals surface area contributed by atoms with E-state index in [0.717, 1.165) is 25.7 Å². The summed E-state index contributed by atoms with van der Waals surface area (Å²) in [5, 5.41) is 3.26. The van der Waals surface area contributed by atoms with Crippen LogP contribution in [0.4, 0.5) is 5.82 Å². The highest BCUT2D eigenvalue weighted by Gasteiger charge is 2.46. The number of halogens is 1. The smallest absolute Gasteiger partial charge is 0.242 e. The number of carbonyl (C=O) groups excluding carboxylic acids is 1. The Morgan fingerprint density at radius 2 is 2.00 bits per heavy atom. The average molecular weight is 567 g/mol. The lowest BCUT2D eigenvalue weighted by atomic mass is 9.95. The van der Waals surface area contributed by atoms with Gasteiger partial charge in [0.15, 0.2) is 27.9 Å². The first-order valence-electron chi connectivity index (χ1n) is 12.7. The van der Waals surface area contributed by atoms with Crippen molar-refractivity contribution in [3.8, 4) is 0 Å². The molecule has 1 aromatic heterocycles. The predicted molar refractivity (Wildman–Crippen MR) is 146 cm³/mol. The summed E-state index contributed by atoms with van der Waals surface area (Å²) in [5.41, 5.74) is 10.1. The van der Waals surface area contributed by atoms with Crippen LogP contribution in [0.3, 0.4) is 0 Å². The molecule has 4 rings (SSSR count). The molecule has 1 saturated carbocycles. The third-order valence-electron chi connectivity index (χ3n) is 7.01. The zero-order valence-corrected chi connectivity index (χ0v) is 23.2. The van der Waals surface area contributed by atoms with Crippen molar-refractivity contribution in [3.05, 3.63) is 29.4 Å². The van der Waals surface area contributed by atoms with E-state index in [2.05, 4.69) is 15.3 Å². The Labute approximate surface area is 227 Å². The maximum Gasteiger partial charge on any atom is 0.242 e. The topological polar surface area (TPSA) is 162 Å². The molecule has 2 aromatic rings. The van der Waals surface area contributed by atoms with Gasteiger partial charge >= 0.3 is 0 Å². The molecule has 1 aliphatic carbocycles. The van der Waals surface area contributed by atoms with Crippen LogP contribution in [0.2, 0.25) is 5.02 Å². The second-order valence-corrected chi connectivity index (χ2v) is 12.5. The third kappa shape index (κ3) is 6.04. The number of benzene rings is 1. The molecule has 38 heavy (non-hydrogen) atoms. The molecule has 5 N–H and O–H groups in total. The Morgan fingerprint density at radius 1 is 1.26 bits per heavy atom. The first kappa shape index (κ1) is 28.5. The number of aromatic nitrogens is 1. The molecule has 0 radical (unpaired) electrons. The number of nitrogens with two attached hydrogens (primary N) is 2. The van der Waals surface area contributed by atoms with Crippen LogP contribution >= 0.6 is 11.6 Å². The second-order valence-electron chi connectivity index (χ2n) is 9.97. The van der Waals surface area contributed by atoms with Crippen LogP contribution in [0, 0.1) is 0 Å². The Hall–Kier alpha value is -2.51. The van der Waals surface area contributed by atoms with Crippen molar-refractivity contribution >= 4 is 49.9 Å². The van der Waals surface area contributed by atoms with E-state index in [4.69, 9.17) is 32.5 Å². The number of likely N-dealkylation sites (N-methyl/N-ethyl adjacent to an activating group) is 1. The standard InChI is InChI=1S/C25H35ClN6O5S/c1-32(2)23(33)25(10-4-5-11-25)31-20(15-37-21-7-3-6-12-36-21)38(34,35)16-8-9-17-18(13-16)22(30-24(27)28)29-14-19(17)26/h8-9,13-14,20-21,31H,3-7,10-12,15H2,1-2H3,(H4,27,28,29,30). The quantitative estimate of drug-likeness (QED) is 0.305. The van der Waals surface area contributed by atoms with Crippen LogP contribution in [-0.2, 0) is 24.1 Å². The molecule has 1 amide bonds. The number of fused-ring (bicyclic) bond motifs is 1. The summed E-state index contributed by atoms with van der Waals surface area (Å²) in [6.07, 6.45) is 6.14. The molecule has 13 heteroatoms. The molecular weight excluding hydrogens is 532 g/mol. The predicted octanol–water partition coefficient (Wildman–Crippen LogP) is 2.43. The fourth-order valence-electron chi connectivity index (χ4n) is 5.11. The molecule has 1 saturated heterocycles. The summed E-state index contributed by atoms with van der Waals surface area (Å²) >= 11 is 6.32. The molecule has 2 aliphatic rings. The van der Waals surface area contributed by atoms with Crippen molar-refractivity contribution in [2.45, 2.75) is 67.0 Å². The Bertz CT molecular complexity index is 1300. The van der Waals surface area contributed by atoms with Crippen LogP contribution in [0.25, 0.3) is 10.8 Å². The number of nitrogens with zero attached hydrogens (tertiary/aromatic N) is 3. The molecule has 2 unspecified atom stereocenters. The highest BCUT2D eigenvalue weighted by atomic mass is 35.5. The highest BCUT2D eigenvalue weighted by molar-refractivity contribution is 7.92. The lowest BCUT2D eigenvalue weighted by Gasteiger charge is -2.36. The summed E-state index contributed by atoms with van der Waals surface area (Å²) in [5.74, 6) is -0.235. The number of pyridine rings is 1. The number of aliphatic imine (C=N–C) groups is 1. The summed E-state index contributed by atoms with van der Waals surface area (Å²) in [7, 11) is -0.737. The van der Waals surface area contributed by atoms with Gasteiger partial charge in [0, 0.05) is 37.7 Å². The number of rotatable bonds is 9. The largest absolute Gasteiger partial charge is 0.370 e. The van der Waals surface area contributed by atoms with Gasteiger partial charge in [-0.25, -0.2) is 13.4 Å². The van der Waals surface area contributed by atoms with Crippen LogP contribution < -0.4 is 16.8 Å². The number of ether oxygens (including phenoxy) is 2. The van der Waals surface area contributed by atoms with E-state index in [-0.39, 0.29) is 29.2 Å². The minimum atomic E-state index is -4.08. The van der Waals surface area contributed by atoms with Gasteiger partial charge in [-0.2, -0.15) is 4.99 Å². The van der Waals surface area contributed by atoms with Gasteiger partial charge in [-0.05, 0) is 44.2 Å². The summed E-state index contributed by atoms with van der Waals surface area (Å²) in [6.45, 7) is 0.368. The van der Waals surface area contributed by atoms with Gasteiger partial charge in [-0.1, -0.05) is 30.5 Å². The van der Waals surface area contributed by atoms with E-state index in [1.807, 2.05) is 0 Å². The monoisotopic (exact) mass is 566 g/mol. The molecule has 11 nitrogen and oxygen atoms in total. The van der Waals surface area contributed by atoms with Gasteiger partial charge in [-0.3, -0.25) is 10.1 Å². The van der Waals surface area contributed by atoms with Gasteiger partial charge in [0.2, 0.25) is 5.91 Å². The SMILES string of the molecule is CN(C)C(=O)C1(NC(COC2CCCCO2)S(=O)(=O)c2ccc3c(Cl)cnc(N=C(N)N)c3c2)CCCC1. The highest BCUT2D eigenvalue weighted by Crippen LogP contribution is 2.35. The minimum absolute atomic E-state index is 0.00257. The molecule has 0 bridgehead atoms. The summed E-state index contributed by atoms with van der Waals surface area (Å²) < 4.78 is 39.9. The molecular formula is C25H35ClN6O5S. The van der Waals surface area contributed by atoms with E-state index in [1.165, 1.54) is 23.2 Å². The van der Waals surface area contributed by atoms with E-state index in [9.17, 15) is 13.2 Å². The molecule has 2 fully saturated rings. The van der Waals surface area contributed by atoms with Crippen LogP contribution in [0.15, 0.2) is 34.3 Å². The second kappa shape index (κ2) is 11.7. The molecule has 208 valence electrons. The number of carbonyl (C=O) groups is 1. The van der Waals surface area contributed by atoms with Crippen LogP contribution in [-0.4, -0.2) is 74.7 Å². The average Bonchev–Trinajstić information content (AvgIpc) is 3.37. The van der Waals surface area contributed by atoms with E-state index < -0.39 is 27.0 Å². The van der Waals surface area contributed by atoms with E-state index in [0.29, 0.717) is 41.7 Å². The van der Waals surface area contributed by atoms with Gasteiger partial charge < -0.3 is 25.8 Å². The maximum atomic E-state index is 14.1. The lowest BCUT2D eigenvalue weighted by molar-refractivity contribution is -0.163. The number of amides is 1. The van der Waals surface area contributed by atoms with Gasteiger partial charge in [0.05, 0.1) is 22.1 Å². The van der Waals surface area contributed by atoms with Crippen molar-refractivity contribution in [2.24, 2.45) is 16.5 Å². The lowest BCUT2D eigenvalue weighted by Crippen LogP contribution is -2.60. The fourth-order valence-corrected chi connectivity index (χ4v) is 6.83. The third-order valence-corrected chi connectivity index (χ3v) is 9.22. The van der Waals surface area contributed by atoms with Crippen LogP contribution in [0.1, 0.15) is 44.9 Å². The van der Waals surface area contributed by atoms with Gasteiger partial charge in [0.1, 0.15) is 5.37 Å². The fraction of sp³-hybridized carbons (Fsp3) is 0.560. The number of nitrogens with one attached hydrogen (secondary N) is 1. The first-order valence-corrected chi connectivity index (χ1v) is 14.6. The van der Waals surface area contributed by atoms with Crippen molar-refractivity contribution in [2.75, 3.05) is 27.3 Å². The van der Waals surface area contributed by atoms with Crippen molar-refractivity contribution < 1.29 is 22.7 Å². The van der Waals surface area contributed by atoms with Gasteiger partial charge in [-0.15, -0.1) is 0 Å². The van der Waals surface area contributed by atoms with Crippen LogP contribution in [0.5, 0.6) is 0 Å². The Balaban J connectivity index is 1.75. The molecule has 0 spiro atoms. The zero-order chi connectivity index (χ0) is 27.5. The molecule has 1 aliphatic heterocycles. The summed E-state index contributed by atoms with van der Waals surface area (Å²) in [6, 6.07) is 4.52. The molecule has 2 atom stereocenters. The van der Waals surface area contributed by atoms with E-state index in [1.54, 1.807) is 20.2 Å². The molecule has 1 aromatic carbocycles. The number of hydrogen-bond donors (Lipinski definition) is 3. The summed E-state index contributed by atoms with van der Waals surface area (Å²) in [4.78, 5) is 23.0. The number of guanidine groups is 1. The van der Waals surface area contributed by atoms with E-state index >= 15 is 0 Å². The van der Waals surface area contributed by atoms with Gasteiger partial charge in [0.25, 0.3) is 0 Å². The number of sulfone groups is 1. The van der Waals surface area contributed by atoms with Crippen molar-refractivity contribution in [1.82, 2.24) is 15.2 Å². The molecule has 2 heterocycles. The van der Waals surface area contributed by atoms with Crippen molar-refractivity contribution in [3.63, 3.8) is 0 Å². The normalized spacial score (nSPS) is 20.2. The van der Waals surface area contributed by atoms with Crippen molar-refractivity contribution in [1.29, 1.82) is 0 Å². The first-order chi connectivity index (χ1) is 18.0. The Morgan fingerprint density at radius 3 is 2.63 bits per heavy atom. The maximum absolute atomic E-state index is 14.1. The zero-order valence-electron chi connectivity index (χ0n) is 21.7. The Kier molecular flexibility index (Phi) is 8.78. The minimum Gasteiger partial charge on any atom is -0.370 e. The number of hydrogen-bond acceptors (Lipinski definition) is 8.